The van der Waals surface area contributed by atoms with Gasteiger partial charge in [-0.25, -0.2) is 0 Å². The first kappa shape index (κ1) is 15.6. The average molecular weight is 311 g/mol. The Morgan fingerprint density at radius 1 is 1.35 bits per heavy atom. The fraction of sp³-hybridized carbons (Fsp3) is 0.412. The number of rotatable bonds is 5. The van der Waals surface area contributed by atoms with Crippen molar-refractivity contribution in [1.82, 2.24) is 25.2 Å². The molecule has 23 heavy (non-hydrogen) atoms. The largest absolute Gasteiger partial charge is 0.351 e. The fourth-order valence-corrected chi connectivity index (χ4v) is 2.93. The second-order valence-electron chi connectivity index (χ2n) is 5.79. The first-order valence-corrected chi connectivity index (χ1v) is 7.91. The maximum absolute atomic E-state index is 11.0. The number of hydrogen-bond acceptors (Lipinski definition) is 5. The zero-order valence-corrected chi connectivity index (χ0v) is 13.3. The highest BCUT2D eigenvalue weighted by molar-refractivity contribution is 5.72. The van der Waals surface area contributed by atoms with Crippen LogP contribution in [0.4, 0.5) is 0 Å². The molecule has 1 unspecified atom stereocenters. The zero-order valence-electron chi connectivity index (χ0n) is 13.3. The number of hydrogen-bond donors (Lipinski definition) is 1. The van der Waals surface area contributed by atoms with Gasteiger partial charge >= 0.3 is 0 Å². The van der Waals surface area contributed by atoms with E-state index >= 15 is 0 Å². The Morgan fingerprint density at radius 3 is 3.04 bits per heavy atom. The highest BCUT2D eigenvalue weighted by Gasteiger charge is 2.27. The molecule has 0 radical (unpaired) electrons. The summed E-state index contributed by atoms with van der Waals surface area (Å²) in [5, 5.41) is 2.77. The summed E-state index contributed by atoms with van der Waals surface area (Å²) in [6, 6.07) is 6.26. The molecular formula is C17H21N5O. The van der Waals surface area contributed by atoms with Gasteiger partial charge in [0.25, 0.3) is 0 Å². The van der Waals surface area contributed by atoms with Gasteiger partial charge in [-0.1, -0.05) is 6.07 Å². The molecule has 6 heteroatoms. The molecule has 0 bridgehead atoms. The zero-order chi connectivity index (χ0) is 16.1. The van der Waals surface area contributed by atoms with Crippen molar-refractivity contribution < 1.29 is 4.79 Å². The summed E-state index contributed by atoms with van der Waals surface area (Å²) < 4.78 is 0. The number of amides is 1. The molecule has 2 aromatic rings. The van der Waals surface area contributed by atoms with E-state index in [1.54, 1.807) is 6.20 Å². The third-order valence-electron chi connectivity index (χ3n) is 4.02. The van der Waals surface area contributed by atoms with Crippen molar-refractivity contribution in [3.63, 3.8) is 0 Å². The van der Waals surface area contributed by atoms with Gasteiger partial charge in [0.1, 0.15) is 0 Å². The van der Waals surface area contributed by atoms with Crippen molar-refractivity contribution in [3.8, 4) is 0 Å². The molecule has 0 spiro atoms. The summed E-state index contributed by atoms with van der Waals surface area (Å²) in [5.74, 6) is -0.0603. The Balaban J connectivity index is 1.72. The minimum atomic E-state index is -0.0603. The molecule has 0 aliphatic carbocycles. The molecule has 1 amide bonds. The van der Waals surface area contributed by atoms with Gasteiger partial charge in [-0.15, -0.1) is 0 Å². The van der Waals surface area contributed by atoms with E-state index in [2.05, 4.69) is 25.2 Å². The number of carbonyl (C=O) groups is 1. The number of likely N-dealkylation sites (tertiary alicyclic amines) is 1. The number of aromatic nitrogens is 3. The van der Waals surface area contributed by atoms with Crippen LogP contribution in [0.3, 0.4) is 0 Å². The van der Waals surface area contributed by atoms with Crippen LogP contribution in [0.15, 0.2) is 36.8 Å². The van der Waals surface area contributed by atoms with E-state index in [9.17, 15) is 4.79 Å². The minimum Gasteiger partial charge on any atom is -0.351 e. The van der Waals surface area contributed by atoms with E-state index in [0.717, 1.165) is 43.0 Å². The van der Waals surface area contributed by atoms with Gasteiger partial charge in [0.2, 0.25) is 5.91 Å². The average Bonchev–Trinajstić information content (AvgIpc) is 3.02. The quantitative estimate of drug-likeness (QED) is 0.912. The van der Waals surface area contributed by atoms with Crippen LogP contribution in [0.5, 0.6) is 0 Å². The van der Waals surface area contributed by atoms with Gasteiger partial charge in [0.15, 0.2) is 0 Å². The fourth-order valence-electron chi connectivity index (χ4n) is 2.93. The van der Waals surface area contributed by atoms with E-state index in [0.29, 0.717) is 6.54 Å². The van der Waals surface area contributed by atoms with Crippen LogP contribution >= 0.6 is 0 Å². The van der Waals surface area contributed by atoms with E-state index in [4.69, 9.17) is 0 Å². The molecular weight excluding hydrogens is 290 g/mol. The van der Waals surface area contributed by atoms with Crippen LogP contribution in [0.1, 0.15) is 42.9 Å². The summed E-state index contributed by atoms with van der Waals surface area (Å²) in [5.41, 5.74) is 2.84. The van der Waals surface area contributed by atoms with Crippen molar-refractivity contribution in [3.05, 3.63) is 53.9 Å². The molecule has 1 N–H and O–H groups in total. The number of carbonyl (C=O) groups excluding carboxylic acids is 1. The van der Waals surface area contributed by atoms with Crippen molar-refractivity contribution in [1.29, 1.82) is 0 Å². The normalized spacial score (nSPS) is 18.0. The molecule has 1 aliphatic heterocycles. The Hall–Kier alpha value is -2.34. The van der Waals surface area contributed by atoms with Crippen molar-refractivity contribution >= 4 is 5.91 Å². The third kappa shape index (κ3) is 4.10. The van der Waals surface area contributed by atoms with Crippen molar-refractivity contribution in [2.75, 3.05) is 6.54 Å². The second-order valence-corrected chi connectivity index (χ2v) is 5.79. The molecule has 2 aromatic heterocycles. The van der Waals surface area contributed by atoms with Gasteiger partial charge in [-0.3, -0.25) is 24.6 Å². The second kappa shape index (κ2) is 7.28. The summed E-state index contributed by atoms with van der Waals surface area (Å²) in [4.78, 5) is 26.8. The first-order chi connectivity index (χ1) is 11.2. The van der Waals surface area contributed by atoms with Crippen LogP contribution < -0.4 is 5.32 Å². The van der Waals surface area contributed by atoms with Gasteiger partial charge in [-0.05, 0) is 31.5 Å². The minimum absolute atomic E-state index is 0.0603. The van der Waals surface area contributed by atoms with Crippen LogP contribution in [0, 0.1) is 0 Å². The van der Waals surface area contributed by atoms with Gasteiger partial charge < -0.3 is 5.32 Å². The topological polar surface area (TPSA) is 71.0 Å². The third-order valence-corrected chi connectivity index (χ3v) is 4.02. The highest BCUT2D eigenvalue weighted by Crippen LogP contribution is 2.31. The van der Waals surface area contributed by atoms with E-state index in [-0.39, 0.29) is 11.9 Å². The monoisotopic (exact) mass is 311 g/mol. The molecule has 0 aromatic carbocycles. The molecule has 3 heterocycles. The number of nitrogens with one attached hydrogen (secondary N) is 1. The van der Waals surface area contributed by atoms with Crippen molar-refractivity contribution in [2.45, 2.75) is 38.9 Å². The molecule has 120 valence electrons. The Labute approximate surface area is 136 Å². The highest BCUT2D eigenvalue weighted by atomic mass is 16.1. The van der Waals surface area contributed by atoms with Gasteiger partial charge in [0, 0.05) is 19.7 Å². The molecule has 1 saturated heterocycles. The predicted molar refractivity (Wildman–Crippen MR) is 86.2 cm³/mol. The maximum atomic E-state index is 11.0. The lowest BCUT2D eigenvalue weighted by Crippen LogP contribution is -2.25. The molecule has 0 saturated carbocycles. The molecule has 1 fully saturated rings. The Kier molecular flexibility index (Phi) is 4.92. The molecule has 3 rings (SSSR count). The van der Waals surface area contributed by atoms with Crippen LogP contribution in [0.2, 0.25) is 0 Å². The Morgan fingerprint density at radius 2 is 2.26 bits per heavy atom. The van der Waals surface area contributed by atoms with Gasteiger partial charge in [-0.2, -0.15) is 0 Å². The first-order valence-electron chi connectivity index (χ1n) is 7.91. The lowest BCUT2D eigenvalue weighted by atomic mass is 10.1. The SMILES string of the molecule is CC(=O)NCc1cncc(C2CCCN2Cc2ccccn2)n1. The molecule has 1 aliphatic rings. The lowest BCUT2D eigenvalue weighted by Gasteiger charge is -2.23. The molecule has 1 atom stereocenters. The van der Waals surface area contributed by atoms with E-state index < -0.39 is 0 Å². The maximum Gasteiger partial charge on any atom is 0.217 e. The predicted octanol–water partition coefficient (Wildman–Crippen LogP) is 1.84. The number of pyridine rings is 1. The van der Waals surface area contributed by atoms with Crippen LogP contribution in [0.25, 0.3) is 0 Å². The summed E-state index contributed by atoms with van der Waals surface area (Å²) in [7, 11) is 0. The summed E-state index contributed by atoms with van der Waals surface area (Å²) in [6.45, 7) is 3.79. The van der Waals surface area contributed by atoms with E-state index in [1.165, 1.54) is 6.92 Å². The Bertz CT molecular complexity index is 661. The number of nitrogens with zero attached hydrogens (tertiary/aromatic N) is 4. The van der Waals surface area contributed by atoms with Crippen molar-refractivity contribution in [2.24, 2.45) is 0 Å². The standard InChI is InChI=1S/C17H21N5O/c1-13(23)20-10-15-9-18-11-16(21-15)17-6-4-8-22(17)12-14-5-2-3-7-19-14/h2-3,5,7,9,11,17H,4,6,8,10,12H2,1H3,(H,20,23). The smallest absolute Gasteiger partial charge is 0.217 e. The molecule has 6 nitrogen and oxygen atoms in total. The van der Waals surface area contributed by atoms with E-state index in [1.807, 2.05) is 30.6 Å². The van der Waals surface area contributed by atoms with Gasteiger partial charge in [0.05, 0.1) is 42.1 Å². The van der Waals surface area contributed by atoms with Crippen LogP contribution in [-0.2, 0) is 17.9 Å². The lowest BCUT2D eigenvalue weighted by molar-refractivity contribution is -0.119. The summed E-state index contributed by atoms with van der Waals surface area (Å²) in [6.07, 6.45) is 7.59. The van der Waals surface area contributed by atoms with Crippen LogP contribution in [-0.4, -0.2) is 32.3 Å². The summed E-state index contributed by atoms with van der Waals surface area (Å²) >= 11 is 0.